The van der Waals surface area contributed by atoms with Crippen molar-refractivity contribution in [3.05, 3.63) is 84.2 Å². The highest BCUT2D eigenvalue weighted by Gasteiger charge is 2.17. The van der Waals surface area contributed by atoms with Crippen LogP contribution in [0.15, 0.2) is 78.6 Å². The third kappa shape index (κ3) is 3.67. The molecule has 5 heteroatoms. The number of carboxylic acid groups (broad SMARTS) is 2. The fraction of sp³-hybridized carbons (Fsp3) is 0. The second-order valence-corrected chi connectivity index (χ2v) is 4.39. The van der Waals surface area contributed by atoms with Crippen LogP contribution in [0.3, 0.4) is 0 Å². The van der Waals surface area contributed by atoms with Crippen LogP contribution < -0.4 is 4.57 Å². The zero-order valence-electron chi connectivity index (χ0n) is 11.6. The maximum atomic E-state index is 10.9. The Morgan fingerprint density at radius 1 is 0.818 bits per heavy atom. The lowest BCUT2D eigenvalue weighted by Gasteiger charge is -2.01. The molecule has 0 aliphatic heterocycles. The third-order valence-corrected chi connectivity index (χ3v) is 2.93. The molecule has 0 aliphatic rings. The first-order chi connectivity index (χ1) is 10.6. The molecule has 0 spiro atoms. The number of hydrogen-bond donors (Lipinski definition) is 2. The summed E-state index contributed by atoms with van der Waals surface area (Å²) in [6.07, 6.45) is 6.17. The van der Waals surface area contributed by atoms with E-state index in [4.69, 9.17) is 10.2 Å². The summed E-state index contributed by atoms with van der Waals surface area (Å²) in [6.45, 7) is 0. The normalized spacial score (nSPS) is 10.8. The SMILES string of the molecule is O=C(O)C(=CC=C(c1ccccc1)[n+]1ccccc1)C(=O)O. The number of carboxylic acids is 2. The number of hydrogen-bond acceptors (Lipinski definition) is 2. The van der Waals surface area contributed by atoms with Crippen molar-refractivity contribution in [1.29, 1.82) is 0 Å². The fourth-order valence-corrected chi connectivity index (χ4v) is 1.90. The summed E-state index contributed by atoms with van der Waals surface area (Å²) >= 11 is 0. The maximum Gasteiger partial charge on any atom is 0.343 e. The molecule has 0 bridgehead atoms. The highest BCUT2D eigenvalue weighted by molar-refractivity contribution is 6.12. The number of aliphatic carboxylic acids is 2. The number of pyridine rings is 1. The molecule has 0 unspecified atom stereocenters. The smallest absolute Gasteiger partial charge is 0.343 e. The van der Waals surface area contributed by atoms with Gasteiger partial charge in [0.1, 0.15) is 5.57 Å². The lowest BCUT2D eigenvalue weighted by atomic mass is 10.1. The van der Waals surface area contributed by atoms with E-state index in [9.17, 15) is 9.59 Å². The molecule has 0 fully saturated rings. The van der Waals surface area contributed by atoms with Crippen LogP contribution >= 0.6 is 0 Å². The molecule has 110 valence electrons. The van der Waals surface area contributed by atoms with Gasteiger partial charge in [0.25, 0.3) is 0 Å². The topological polar surface area (TPSA) is 78.5 Å². The van der Waals surface area contributed by atoms with E-state index < -0.39 is 17.5 Å². The average Bonchev–Trinajstić information content (AvgIpc) is 2.52. The molecule has 2 N–H and O–H groups in total. The first-order valence-electron chi connectivity index (χ1n) is 6.50. The van der Waals surface area contributed by atoms with Gasteiger partial charge in [0.05, 0.1) is 0 Å². The predicted octanol–water partition coefficient (Wildman–Crippen LogP) is 1.96. The molecule has 0 saturated carbocycles. The summed E-state index contributed by atoms with van der Waals surface area (Å²) in [5.41, 5.74) is 0.816. The Morgan fingerprint density at radius 2 is 1.36 bits per heavy atom. The minimum Gasteiger partial charge on any atom is -0.477 e. The van der Waals surface area contributed by atoms with Gasteiger partial charge in [-0.25, -0.2) is 9.59 Å². The van der Waals surface area contributed by atoms with Crippen LogP contribution in [0.5, 0.6) is 0 Å². The molecular weight excluding hydrogens is 282 g/mol. The summed E-state index contributed by atoms with van der Waals surface area (Å²) < 4.78 is 1.78. The summed E-state index contributed by atoms with van der Waals surface area (Å²) in [7, 11) is 0. The van der Waals surface area contributed by atoms with Crippen molar-refractivity contribution < 1.29 is 24.4 Å². The molecule has 1 aromatic carbocycles. The van der Waals surface area contributed by atoms with Crippen LogP contribution in [0, 0.1) is 0 Å². The zero-order chi connectivity index (χ0) is 15.9. The molecular formula is C17H14NO4+. The van der Waals surface area contributed by atoms with Crippen molar-refractivity contribution in [2.45, 2.75) is 0 Å². The van der Waals surface area contributed by atoms with Crippen LogP contribution in [0.1, 0.15) is 5.56 Å². The Morgan fingerprint density at radius 3 is 1.91 bits per heavy atom. The van der Waals surface area contributed by atoms with E-state index >= 15 is 0 Å². The van der Waals surface area contributed by atoms with E-state index in [1.54, 1.807) is 17.0 Å². The van der Waals surface area contributed by atoms with Crippen molar-refractivity contribution in [1.82, 2.24) is 0 Å². The first kappa shape index (κ1) is 15.2. The highest BCUT2D eigenvalue weighted by atomic mass is 16.4. The lowest BCUT2D eigenvalue weighted by molar-refractivity contribution is -0.579. The monoisotopic (exact) mass is 296 g/mol. The minimum absolute atomic E-state index is 0.668. The lowest BCUT2D eigenvalue weighted by Crippen LogP contribution is -2.31. The van der Waals surface area contributed by atoms with Crippen molar-refractivity contribution >= 4 is 17.6 Å². The van der Waals surface area contributed by atoms with E-state index in [2.05, 4.69) is 0 Å². The molecule has 1 heterocycles. The van der Waals surface area contributed by atoms with E-state index in [-0.39, 0.29) is 0 Å². The fourth-order valence-electron chi connectivity index (χ4n) is 1.90. The standard InChI is InChI=1S/C17H13NO4/c19-16(20)14(17(21)22)9-10-15(13-7-3-1-4-8-13)18-11-5-2-6-12-18/h1-12H,(H-,19,20,21,22)/p+1. The Balaban J connectivity index is 2.55. The van der Waals surface area contributed by atoms with Gasteiger partial charge in [-0.2, -0.15) is 4.57 Å². The van der Waals surface area contributed by atoms with Crippen LogP contribution in [-0.2, 0) is 9.59 Å². The Hall–Kier alpha value is -3.21. The number of aromatic nitrogens is 1. The van der Waals surface area contributed by atoms with Crippen LogP contribution in [-0.4, -0.2) is 22.2 Å². The van der Waals surface area contributed by atoms with E-state index in [1.807, 2.05) is 48.5 Å². The molecule has 0 atom stereocenters. The maximum absolute atomic E-state index is 10.9. The second kappa shape index (κ2) is 6.99. The van der Waals surface area contributed by atoms with Gasteiger partial charge in [0.2, 0.25) is 5.70 Å². The number of carbonyl (C=O) groups is 2. The van der Waals surface area contributed by atoms with Gasteiger partial charge in [-0.05, 0) is 18.2 Å². The molecule has 0 aliphatic carbocycles. The molecule has 2 rings (SSSR count). The van der Waals surface area contributed by atoms with Gasteiger partial charge in [0, 0.05) is 23.8 Å². The Labute approximate surface area is 127 Å². The van der Waals surface area contributed by atoms with Crippen molar-refractivity contribution in [2.75, 3.05) is 0 Å². The largest absolute Gasteiger partial charge is 0.477 e. The van der Waals surface area contributed by atoms with Gasteiger partial charge in [-0.3, -0.25) is 0 Å². The van der Waals surface area contributed by atoms with Crippen molar-refractivity contribution in [2.24, 2.45) is 0 Å². The number of nitrogens with zero attached hydrogens (tertiary/aromatic N) is 1. The van der Waals surface area contributed by atoms with Crippen molar-refractivity contribution in [3.63, 3.8) is 0 Å². The summed E-state index contributed by atoms with van der Waals surface area (Å²) in [5.74, 6) is -2.96. The first-order valence-corrected chi connectivity index (χ1v) is 6.50. The van der Waals surface area contributed by atoms with Gasteiger partial charge in [-0.15, -0.1) is 0 Å². The van der Waals surface area contributed by atoms with Gasteiger partial charge >= 0.3 is 11.9 Å². The molecule has 5 nitrogen and oxygen atoms in total. The highest BCUT2D eigenvalue weighted by Crippen LogP contribution is 2.11. The number of rotatable bonds is 5. The Bertz CT molecular complexity index is 676. The zero-order valence-corrected chi connectivity index (χ0v) is 11.6. The number of allylic oxidation sites excluding steroid dienone is 2. The molecule has 1 aromatic heterocycles. The molecule has 0 saturated heterocycles. The van der Waals surface area contributed by atoms with Crippen LogP contribution in [0.4, 0.5) is 0 Å². The number of benzene rings is 1. The van der Waals surface area contributed by atoms with Crippen LogP contribution in [0.25, 0.3) is 5.70 Å². The molecule has 2 aromatic rings. The Kier molecular flexibility index (Phi) is 4.82. The minimum atomic E-state index is -1.48. The van der Waals surface area contributed by atoms with Gasteiger partial charge < -0.3 is 10.2 Å². The van der Waals surface area contributed by atoms with Gasteiger partial charge in [0.15, 0.2) is 12.4 Å². The van der Waals surface area contributed by atoms with E-state index in [1.165, 1.54) is 6.08 Å². The van der Waals surface area contributed by atoms with Crippen LogP contribution in [0.2, 0.25) is 0 Å². The molecule has 22 heavy (non-hydrogen) atoms. The van der Waals surface area contributed by atoms with E-state index in [0.29, 0.717) is 5.70 Å². The summed E-state index contributed by atoms with van der Waals surface area (Å²) in [6, 6.07) is 14.8. The molecule has 0 amide bonds. The summed E-state index contributed by atoms with van der Waals surface area (Å²) in [5, 5.41) is 17.8. The predicted molar refractivity (Wildman–Crippen MR) is 79.8 cm³/mol. The average molecular weight is 296 g/mol. The molecule has 0 radical (unpaired) electrons. The summed E-state index contributed by atoms with van der Waals surface area (Å²) in [4.78, 5) is 21.9. The quantitative estimate of drug-likeness (QED) is 0.291. The third-order valence-electron chi connectivity index (χ3n) is 2.93. The second-order valence-electron chi connectivity index (χ2n) is 4.39. The van der Waals surface area contributed by atoms with E-state index in [0.717, 1.165) is 11.6 Å². The van der Waals surface area contributed by atoms with Crippen molar-refractivity contribution in [3.8, 4) is 0 Å². The van der Waals surface area contributed by atoms with Gasteiger partial charge in [-0.1, -0.05) is 24.3 Å².